The van der Waals surface area contributed by atoms with Gasteiger partial charge in [0, 0.05) is 9.35 Å². The molecule has 0 amide bonds. The second-order valence-corrected chi connectivity index (χ2v) is 8.77. The van der Waals surface area contributed by atoms with Crippen molar-refractivity contribution in [3.63, 3.8) is 0 Å². The molecule has 5 heteroatoms. The molecule has 1 aliphatic carbocycles. The van der Waals surface area contributed by atoms with Crippen molar-refractivity contribution in [3.05, 3.63) is 54.6 Å². The first kappa shape index (κ1) is 15.7. The van der Waals surface area contributed by atoms with Gasteiger partial charge in [0.05, 0.1) is 9.83 Å². The van der Waals surface area contributed by atoms with E-state index in [1.54, 1.807) is 11.3 Å². The molecule has 0 bridgehead atoms. The molecular formula is C16H18Br2N2S. The number of hydrazine groups is 1. The first-order valence-electron chi connectivity index (χ1n) is 7.17. The Balaban J connectivity index is 1.82. The largest absolute Gasteiger partial charge is 0.271 e. The Morgan fingerprint density at radius 3 is 2.86 bits per heavy atom. The van der Waals surface area contributed by atoms with Gasteiger partial charge in [-0.15, -0.1) is 11.3 Å². The predicted octanol–water partition coefficient (Wildman–Crippen LogP) is 5.29. The summed E-state index contributed by atoms with van der Waals surface area (Å²) in [7, 11) is 0. The van der Waals surface area contributed by atoms with E-state index >= 15 is 0 Å². The Bertz CT molecular complexity index is 607. The van der Waals surface area contributed by atoms with Crippen molar-refractivity contribution in [1.29, 1.82) is 0 Å². The van der Waals surface area contributed by atoms with Crippen LogP contribution < -0.4 is 11.3 Å². The molecule has 2 aromatic rings. The lowest BCUT2D eigenvalue weighted by Crippen LogP contribution is -2.29. The SMILES string of the molecule is NNC(CC1CCCc2ccccc21)c1cc(Br)c(Br)s1. The van der Waals surface area contributed by atoms with E-state index in [4.69, 9.17) is 5.84 Å². The Morgan fingerprint density at radius 2 is 2.14 bits per heavy atom. The molecule has 0 aliphatic heterocycles. The first-order chi connectivity index (χ1) is 10.2. The minimum atomic E-state index is 0.203. The van der Waals surface area contributed by atoms with E-state index in [0.717, 1.165) is 14.7 Å². The van der Waals surface area contributed by atoms with E-state index in [1.807, 2.05) is 0 Å². The van der Waals surface area contributed by atoms with Crippen molar-refractivity contribution in [1.82, 2.24) is 5.43 Å². The molecule has 1 aliphatic rings. The lowest BCUT2D eigenvalue weighted by molar-refractivity contribution is 0.429. The molecule has 0 spiro atoms. The van der Waals surface area contributed by atoms with Crippen LogP contribution in [0.3, 0.4) is 0 Å². The molecule has 0 saturated heterocycles. The van der Waals surface area contributed by atoms with Crippen LogP contribution in [-0.2, 0) is 6.42 Å². The lowest BCUT2D eigenvalue weighted by atomic mass is 9.79. The fourth-order valence-electron chi connectivity index (χ4n) is 3.19. The zero-order valence-corrected chi connectivity index (χ0v) is 15.6. The third kappa shape index (κ3) is 3.42. The van der Waals surface area contributed by atoms with Crippen molar-refractivity contribution in [2.45, 2.75) is 37.6 Å². The Morgan fingerprint density at radius 1 is 1.33 bits per heavy atom. The highest BCUT2D eigenvalue weighted by Crippen LogP contribution is 2.41. The van der Waals surface area contributed by atoms with E-state index in [9.17, 15) is 0 Å². The van der Waals surface area contributed by atoms with E-state index in [-0.39, 0.29) is 6.04 Å². The molecule has 112 valence electrons. The van der Waals surface area contributed by atoms with Gasteiger partial charge in [0.15, 0.2) is 0 Å². The molecule has 3 N–H and O–H groups in total. The number of nitrogens with two attached hydrogens (primary N) is 1. The quantitative estimate of drug-likeness (QED) is 0.511. The highest BCUT2D eigenvalue weighted by Gasteiger charge is 2.24. The van der Waals surface area contributed by atoms with Crippen LogP contribution in [0.1, 0.15) is 47.2 Å². The van der Waals surface area contributed by atoms with Crippen LogP contribution in [0.25, 0.3) is 0 Å². The van der Waals surface area contributed by atoms with Gasteiger partial charge < -0.3 is 0 Å². The number of benzene rings is 1. The fourth-order valence-corrected chi connectivity index (χ4v) is 5.35. The molecule has 1 aromatic heterocycles. The zero-order valence-electron chi connectivity index (χ0n) is 11.6. The third-order valence-electron chi connectivity index (χ3n) is 4.22. The average molecular weight is 430 g/mol. The summed E-state index contributed by atoms with van der Waals surface area (Å²) in [5, 5.41) is 0. The van der Waals surface area contributed by atoms with Crippen LogP contribution in [0.5, 0.6) is 0 Å². The average Bonchev–Trinajstić information content (AvgIpc) is 2.84. The van der Waals surface area contributed by atoms with Gasteiger partial charge in [-0.3, -0.25) is 11.3 Å². The smallest absolute Gasteiger partial charge is 0.0843 e. The summed E-state index contributed by atoms with van der Waals surface area (Å²) in [6.07, 6.45) is 4.79. The predicted molar refractivity (Wildman–Crippen MR) is 96.5 cm³/mol. The highest BCUT2D eigenvalue weighted by molar-refractivity contribution is 9.13. The second-order valence-electron chi connectivity index (χ2n) is 5.51. The molecule has 21 heavy (non-hydrogen) atoms. The van der Waals surface area contributed by atoms with Gasteiger partial charge >= 0.3 is 0 Å². The molecule has 1 heterocycles. The Kier molecular flexibility index (Phi) is 5.17. The van der Waals surface area contributed by atoms with Crippen LogP contribution in [0, 0.1) is 0 Å². The number of nitrogens with one attached hydrogen (secondary N) is 1. The van der Waals surface area contributed by atoms with Crippen LogP contribution in [-0.4, -0.2) is 0 Å². The van der Waals surface area contributed by atoms with Gasteiger partial charge in [0.25, 0.3) is 0 Å². The van der Waals surface area contributed by atoms with E-state index in [2.05, 4.69) is 67.6 Å². The van der Waals surface area contributed by atoms with Gasteiger partial charge in [-0.25, -0.2) is 0 Å². The van der Waals surface area contributed by atoms with Gasteiger partial charge in [0.1, 0.15) is 0 Å². The second kappa shape index (κ2) is 6.92. The summed E-state index contributed by atoms with van der Waals surface area (Å²) in [5.74, 6) is 6.42. The van der Waals surface area contributed by atoms with E-state index < -0.39 is 0 Å². The molecule has 2 unspecified atom stereocenters. The summed E-state index contributed by atoms with van der Waals surface area (Å²) in [6, 6.07) is 11.2. The van der Waals surface area contributed by atoms with Crippen molar-refractivity contribution in [3.8, 4) is 0 Å². The van der Waals surface area contributed by atoms with Crippen LogP contribution in [0.15, 0.2) is 38.6 Å². The number of hydrogen-bond donors (Lipinski definition) is 2. The molecule has 3 rings (SSSR count). The fraction of sp³-hybridized carbons (Fsp3) is 0.375. The normalized spacial score (nSPS) is 19.3. The Labute approximate surface area is 146 Å². The van der Waals surface area contributed by atoms with Gasteiger partial charge in [-0.2, -0.15) is 0 Å². The number of hydrogen-bond acceptors (Lipinski definition) is 3. The molecule has 0 fully saturated rings. The monoisotopic (exact) mass is 428 g/mol. The summed E-state index contributed by atoms with van der Waals surface area (Å²) < 4.78 is 2.23. The topological polar surface area (TPSA) is 38.0 Å². The molecule has 2 atom stereocenters. The number of halogens is 2. The van der Waals surface area contributed by atoms with Crippen LogP contribution in [0.2, 0.25) is 0 Å². The maximum absolute atomic E-state index is 5.83. The first-order valence-corrected chi connectivity index (χ1v) is 9.58. The minimum Gasteiger partial charge on any atom is -0.271 e. The van der Waals surface area contributed by atoms with E-state index in [1.165, 1.54) is 35.3 Å². The number of aryl methyl sites for hydroxylation is 1. The highest BCUT2D eigenvalue weighted by atomic mass is 79.9. The van der Waals surface area contributed by atoms with Crippen molar-refractivity contribution < 1.29 is 0 Å². The number of rotatable bonds is 4. The maximum Gasteiger partial charge on any atom is 0.0843 e. The van der Waals surface area contributed by atoms with Gasteiger partial charge in [-0.05, 0) is 80.7 Å². The lowest BCUT2D eigenvalue weighted by Gasteiger charge is -2.28. The maximum atomic E-state index is 5.83. The van der Waals surface area contributed by atoms with E-state index in [0.29, 0.717) is 5.92 Å². The molecule has 2 nitrogen and oxygen atoms in total. The summed E-state index contributed by atoms with van der Waals surface area (Å²) in [6.45, 7) is 0. The number of thiophene rings is 1. The number of fused-ring (bicyclic) bond motifs is 1. The minimum absolute atomic E-state index is 0.203. The van der Waals surface area contributed by atoms with Gasteiger partial charge in [0.2, 0.25) is 0 Å². The molecule has 0 saturated carbocycles. The van der Waals surface area contributed by atoms with Crippen molar-refractivity contribution in [2.24, 2.45) is 5.84 Å². The molecule has 0 radical (unpaired) electrons. The van der Waals surface area contributed by atoms with Crippen molar-refractivity contribution in [2.75, 3.05) is 0 Å². The standard InChI is InChI=1S/C16H18Br2N2S/c17-13-9-15(21-16(13)18)14(20-19)8-11-6-3-5-10-4-1-2-7-12(10)11/h1-2,4,7,9,11,14,20H,3,5-6,8,19H2. The Hall–Kier alpha value is -0.200. The summed E-state index contributed by atoms with van der Waals surface area (Å²) in [5.41, 5.74) is 6.03. The third-order valence-corrected chi connectivity index (χ3v) is 7.59. The molecular weight excluding hydrogens is 412 g/mol. The van der Waals surface area contributed by atoms with Crippen LogP contribution in [0.4, 0.5) is 0 Å². The summed E-state index contributed by atoms with van der Waals surface area (Å²) >= 11 is 8.87. The van der Waals surface area contributed by atoms with Crippen molar-refractivity contribution >= 4 is 43.2 Å². The van der Waals surface area contributed by atoms with Crippen LogP contribution >= 0.6 is 43.2 Å². The zero-order chi connectivity index (χ0) is 14.8. The molecule has 1 aromatic carbocycles. The van der Waals surface area contributed by atoms with Gasteiger partial charge in [-0.1, -0.05) is 24.3 Å². The summed E-state index contributed by atoms with van der Waals surface area (Å²) in [4.78, 5) is 1.28.